The highest BCUT2D eigenvalue weighted by molar-refractivity contribution is 7.15. The molecule has 7 nitrogen and oxygen atoms in total. The molecule has 19 heavy (non-hydrogen) atoms. The number of aromatic nitrogens is 6. The van der Waals surface area contributed by atoms with Crippen molar-refractivity contribution in [2.75, 3.05) is 0 Å². The zero-order valence-electron chi connectivity index (χ0n) is 9.23. The van der Waals surface area contributed by atoms with Crippen LogP contribution in [0.2, 0.25) is 5.28 Å². The summed E-state index contributed by atoms with van der Waals surface area (Å²) in [5, 5.41) is 12.8. The number of hydrogen-bond acceptors (Lipinski definition) is 7. The van der Waals surface area contributed by atoms with Gasteiger partial charge in [-0.1, -0.05) is 0 Å². The van der Waals surface area contributed by atoms with E-state index in [2.05, 4.69) is 31.1 Å². The molecule has 0 N–H and O–H groups in total. The normalized spacial score (nSPS) is 10.3. The van der Waals surface area contributed by atoms with E-state index in [0.717, 1.165) is 4.88 Å². The SMILES string of the molecule is N#Cc1ccc(-c2nc(Cl)nc(-n3cncn3)n2)s1. The van der Waals surface area contributed by atoms with Crippen LogP contribution in [0.1, 0.15) is 4.88 Å². The van der Waals surface area contributed by atoms with Gasteiger partial charge < -0.3 is 0 Å². The molecular weight excluding hydrogens is 286 g/mol. The molecule has 0 aliphatic heterocycles. The molecule has 0 aromatic carbocycles. The molecule has 0 atom stereocenters. The van der Waals surface area contributed by atoms with Crippen LogP contribution in [0.15, 0.2) is 24.8 Å². The second-order valence-electron chi connectivity index (χ2n) is 3.34. The van der Waals surface area contributed by atoms with Crippen LogP contribution in [0, 0.1) is 11.3 Å². The molecule has 3 heterocycles. The number of halogens is 1. The molecule has 3 rings (SSSR count). The number of hydrogen-bond donors (Lipinski definition) is 0. The van der Waals surface area contributed by atoms with E-state index in [1.54, 1.807) is 12.1 Å². The lowest BCUT2D eigenvalue weighted by molar-refractivity contribution is 0.797. The second kappa shape index (κ2) is 4.72. The van der Waals surface area contributed by atoms with Crippen LogP contribution in [0.3, 0.4) is 0 Å². The van der Waals surface area contributed by atoms with Crippen LogP contribution < -0.4 is 0 Å². The fourth-order valence-electron chi connectivity index (χ4n) is 1.38. The summed E-state index contributed by atoms with van der Waals surface area (Å²) in [6.45, 7) is 0. The van der Waals surface area contributed by atoms with E-state index in [1.807, 2.05) is 0 Å². The van der Waals surface area contributed by atoms with Gasteiger partial charge >= 0.3 is 0 Å². The van der Waals surface area contributed by atoms with E-state index in [4.69, 9.17) is 16.9 Å². The second-order valence-corrected chi connectivity index (χ2v) is 4.77. The van der Waals surface area contributed by atoms with Gasteiger partial charge in [0.15, 0.2) is 5.82 Å². The molecule has 0 saturated heterocycles. The minimum atomic E-state index is 0.0578. The maximum absolute atomic E-state index is 8.82. The van der Waals surface area contributed by atoms with Crippen molar-refractivity contribution in [1.29, 1.82) is 5.26 Å². The van der Waals surface area contributed by atoms with Crippen LogP contribution in [0.4, 0.5) is 0 Å². The fraction of sp³-hybridized carbons (Fsp3) is 0. The van der Waals surface area contributed by atoms with Crippen molar-refractivity contribution in [3.8, 4) is 22.7 Å². The lowest BCUT2D eigenvalue weighted by Crippen LogP contribution is -2.04. The zero-order valence-corrected chi connectivity index (χ0v) is 10.8. The number of rotatable bonds is 2. The van der Waals surface area contributed by atoms with Gasteiger partial charge in [0, 0.05) is 0 Å². The smallest absolute Gasteiger partial charge is 0.223 e. The Labute approximate surface area is 116 Å². The van der Waals surface area contributed by atoms with Crippen LogP contribution in [-0.2, 0) is 0 Å². The van der Waals surface area contributed by atoms with Crippen molar-refractivity contribution in [3.63, 3.8) is 0 Å². The number of nitriles is 1. The summed E-state index contributed by atoms with van der Waals surface area (Å²) in [5.74, 6) is 0.677. The molecule has 0 saturated carbocycles. The van der Waals surface area contributed by atoms with Crippen LogP contribution in [-0.4, -0.2) is 29.7 Å². The highest BCUT2D eigenvalue weighted by atomic mass is 35.5. The lowest BCUT2D eigenvalue weighted by Gasteiger charge is -2.01. The summed E-state index contributed by atoms with van der Waals surface area (Å²) in [7, 11) is 0. The molecular formula is C10H4ClN7S. The van der Waals surface area contributed by atoms with Crippen molar-refractivity contribution in [2.45, 2.75) is 0 Å². The first-order chi connectivity index (χ1) is 9.26. The Bertz CT molecular complexity index is 759. The third kappa shape index (κ3) is 2.29. The number of thiophene rings is 1. The first-order valence-corrected chi connectivity index (χ1v) is 6.22. The molecule has 92 valence electrons. The molecule has 9 heteroatoms. The summed E-state index contributed by atoms with van der Waals surface area (Å²) in [6, 6.07) is 5.53. The summed E-state index contributed by atoms with van der Waals surface area (Å²) < 4.78 is 1.38. The molecule has 3 aromatic heterocycles. The van der Waals surface area contributed by atoms with E-state index in [-0.39, 0.29) is 11.2 Å². The molecule has 0 radical (unpaired) electrons. The molecule has 0 fully saturated rings. The Hall–Kier alpha value is -2.37. The minimum absolute atomic E-state index is 0.0578. The maximum atomic E-state index is 8.82. The van der Waals surface area contributed by atoms with Crippen LogP contribution >= 0.6 is 22.9 Å². The molecule has 0 spiro atoms. The Kier molecular flexibility index (Phi) is 2.91. The lowest BCUT2D eigenvalue weighted by atomic mass is 10.4. The van der Waals surface area contributed by atoms with E-state index in [0.29, 0.717) is 10.7 Å². The quantitative estimate of drug-likeness (QED) is 0.713. The van der Waals surface area contributed by atoms with E-state index < -0.39 is 0 Å². The first kappa shape index (κ1) is 11.7. The molecule has 0 aliphatic rings. The highest BCUT2D eigenvalue weighted by Crippen LogP contribution is 2.25. The van der Waals surface area contributed by atoms with Crippen molar-refractivity contribution < 1.29 is 0 Å². The van der Waals surface area contributed by atoms with Gasteiger partial charge in [0.05, 0.1) is 4.88 Å². The topological polar surface area (TPSA) is 93.2 Å². The summed E-state index contributed by atoms with van der Waals surface area (Å²) in [6.07, 6.45) is 2.83. The molecule has 0 aliphatic carbocycles. The third-order valence-electron chi connectivity index (χ3n) is 2.16. The fourth-order valence-corrected chi connectivity index (χ4v) is 2.27. The van der Waals surface area contributed by atoms with Crippen molar-refractivity contribution >= 4 is 22.9 Å². The third-order valence-corrected chi connectivity index (χ3v) is 3.31. The molecule has 0 unspecified atom stereocenters. The number of nitrogens with zero attached hydrogens (tertiary/aromatic N) is 7. The monoisotopic (exact) mass is 289 g/mol. The van der Waals surface area contributed by atoms with E-state index >= 15 is 0 Å². The van der Waals surface area contributed by atoms with Crippen LogP contribution in [0.25, 0.3) is 16.6 Å². The molecule has 0 amide bonds. The van der Waals surface area contributed by atoms with Gasteiger partial charge in [-0.05, 0) is 23.7 Å². The average Bonchev–Trinajstić information content (AvgIpc) is 3.09. The van der Waals surface area contributed by atoms with Crippen LogP contribution in [0.5, 0.6) is 0 Å². The molecule has 0 bridgehead atoms. The summed E-state index contributed by atoms with van der Waals surface area (Å²) >= 11 is 7.16. The van der Waals surface area contributed by atoms with Crippen molar-refractivity contribution in [1.82, 2.24) is 29.7 Å². The predicted molar refractivity (Wildman–Crippen MR) is 67.8 cm³/mol. The van der Waals surface area contributed by atoms with Gasteiger partial charge in [-0.25, -0.2) is 4.98 Å². The van der Waals surface area contributed by atoms with Gasteiger partial charge in [-0.2, -0.15) is 30.0 Å². The molecule has 3 aromatic rings. The van der Waals surface area contributed by atoms with Crippen molar-refractivity contribution in [3.05, 3.63) is 34.9 Å². The standard InChI is InChI=1S/C10H4ClN7S/c11-9-15-8(7-2-1-6(3-12)19-7)16-10(17-9)18-5-13-4-14-18/h1-2,4-5H. The Morgan fingerprint density at radius 1 is 1.26 bits per heavy atom. The minimum Gasteiger partial charge on any atom is -0.223 e. The summed E-state index contributed by atoms with van der Waals surface area (Å²) in [5.41, 5.74) is 0. The highest BCUT2D eigenvalue weighted by Gasteiger charge is 2.11. The van der Waals surface area contributed by atoms with Crippen molar-refractivity contribution in [2.24, 2.45) is 0 Å². The van der Waals surface area contributed by atoms with Gasteiger partial charge in [0.25, 0.3) is 5.95 Å². The predicted octanol–water partition coefficient (Wildman–Crippen LogP) is 1.71. The maximum Gasteiger partial charge on any atom is 0.256 e. The Morgan fingerprint density at radius 2 is 2.16 bits per heavy atom. The Morgan fingerprint density at radius 3 is 2.84 bits per heavy atom. The average molecular weight is 290 g/mol. The van der Waals surface area contributed by atoms with E-state index in [9.17, 15) is 0 Å². The van der Waals surface area contributed by atoms with Gasteiger partial charge in [-0.3, -0.25) is 0 Å². The first-order valence-electron chi connectivity index (χ1n) is 5.03. The van der Waals surface area contributed by atoms with Gasteiger partial charge in [0.1, 0.15) is 23.6 Å². The van der Waals surface area contributed by atoms with Gasteiger partial charge in [-0.15, -0.1) is 11.3 Å². The van der Waals surface area contributed by atoms with Gasteiger partial charge in [0.2, 0.25) is 5.28 Å². The summed E-state index contributed by atoms with van der Waals surface area (Å²) in [4.78, 5) is 17.4. The largest absolute Gasteiger partial charge is 0.256 e. The Balaban J connectivity index is 2.10. The van der Waals surface area contributed by atoms with E-state index in [1.165, 1.54) is 28.7 Å². The zero-order chi connectivity index (χ0) is 13.2.